The van der Waals surface area contributed by atoms with E-state index in [1.807, 2.05) is 23.6 Å². The summed E-state index contributed by atoms with van der Waals surface area (Å²) in [6.45, 7) is 1.46. The lowest BCUT2D eigenvalue weighted by atomic mass is 10.1. The number of imidazole rings is 1. The molecule has 0 radical (unpaired) electrons. The van der Waals surface area contributed by atoms with Crippen molar-refractivity contribution in [3.05, 3.63) is 90.4 Å². The number of carbonyl (C=O) groups excluding carboxylic acids is 1. The number of benzene rings is 1. The Morgan fingerprint density at radius 1 is 1.14 bits per heavy atom. The maximum absolute atomic E-state index is 13.9. The normalized spacial score (nSPS) is 12.0. The van der Waals surface area contributed by atoms with Crippen LogP contribution in [0.25, 0.3) is 16.9 Å². The van der Waals surface area contributed by atoms with Gasteiger partial charge in [-0.15, -0.1) is 0 Å². The number of hydrogen-bond acceptors (Lipinski definition) is 7. The van der Waals surface area contributed by atoms with Gasteiger partial charge in [0, 0.05) is 30.4 Å². The number of aliphatic hydroxyl groups excluding tert-OH is 1. The van der Waals surface area contributed by atoms with Gasteiger partial charge in [0.25, 0.3) is 0 Å². The third-order valence-electron chi connectivity index (χ3n) is 5.65. The van der Waals surface area contributed by atoms with Gasteiger partial charge in [-0.05, 0) is 30.7 Å². The van der Waals surface area contributed by atoms with Crippen LogP contribution in [0.15, 0.2) is 67.5 Å². The standard InChI is InChI=1S/C25H22F2N8O2/c1-15-11-35-21(10-29-25(35)24(31-15)33-20(14-36)16-4-3-7-28-8-16)17-9-30-34(12-17)13-22(37)32-19-6-2-5-18(26)23(19)27/h2-12,20,36H,13-14H2,1H3,(H,31,33)(H,32,37). The minimum atomic E-state index is -1.12. The van der Waals surface area contributed by atoms with Gasteiger partial charge in [-0.1, -0.05) is 12.1 Å². The van der Waals surface area contributed by atoms with Crippen LogP contribution in [0.4, 0.5) is 20.3 Å². The number of nitrogens with zero attached hydrogens (tertiary/aromatic N) is 6. The summed E-state index contributed by atoms with van der Waals surface area (Å²) < 4.78 is 30.5. The number of hydrogen-bond donors (Lipinski definition) is 3. The molecule has 1 aromatic carbocycles. The predicted molar refractivity (Wildman–Crippen MR) is 132 cm³/mol. The SMILES string of the molecule is Cc1cn2c(-c3cnn(CC(=O)Nc4cccc(F)c4F)c3)cnc2c(NC(CO)c2cccnc2)n1. The number of nitrogens with one attached hydrogen (secondary N) is 2. The number of aliphatic hydroxyl groups is 1. The van der Waals surface area contributed by atoms with E-state index >= 15 is 0 Å². The second-order valence-electron chi connectivity index (χ2n) is 8.31. The molecule has 0 saturated carbocycles. The van der Waals surface area contributed by atoms with Gasteiger partial charge in [-0.2, -0.15) is 5.10 Å². The molecule has 37 heavy (non-hydrogen) atoms. The van der Waals surface area contributed by atoms with Gasteiger partial charge in [-0.3, -0.25) is 18.9 Å². The van der Waals surface area contributed by atoms with Crippen molar-refractivity contribution in [2.24, 2.45) is 0 Å². The van der Waals surface area contributed by atoms with Gasteiger partial charge in [0.1, 0.15) is 6.54 Å². The van der Waals surface area contributed by atoms with Crippen molar-refractivity contribution in [2.75, 3.05) is 17.2 Å². The van der Waals surface area contributed by atoms with Crippen molar-refractivity contribution in [3.8, 4) is 11.3 Å². The number of pyridine rings is 1. The second-order valence-corrected chi connectivity index (χ2v) is 8.31. The largest absolute Gasteiger partial charge is 0.394 e. The highest BCUT2D eigenvalue weighted by Crippen LogP contribution is 2.26. The van der Waals surface area contributed by atoms with Crippen LogP contribution in [0.2, 0.25) is 0 Å². The van der Waals surface area contributed by atoms with E-state index in [1.165, 1.54) is 16.8 Å². The molecule has 0 saturated heterocycles. The number of fused-ring (bicyclic) bond motifs is 1. The van der Waals surface area contributed by atoms with Crippen LogP contribution in [0.1, 0.15) is 17.3 Å². The summed E-state index contributed by atoms with van der Waals surface area (Å²) in [5.41, 5.74) is 3.19. The summed E-state index contributed by atoms with van der Waals surface area (Å²) in [5.74, 6) is -2.24. The molecule has 4 aromatic heterocycles. The third kappa shape index (κ3) is 5.00. The fraction of sp³-hybridized carbons (Fsp3) is 0.160. The number of aryl methyl sites for hydroxylation is 1. The molecular formula is C25H22F2N8O2. The smallest absolute Gasteiger partial charge is 0.246 e. The summed E-state index contributed by atoms with van der Waals surface area (Å²) >= 11 is 0. The minimum absolute atomic E-state index is 0.171. The maximum atomic E-state index is 13.9. The lowest BCUT2D eigenvalue weighted by Crippen LogP contribution is -2.19. The van der Waals surface area contributed by atoms with E-state index in [0.717, 1.165) is 11.6 Å². The van der Waals surface area contributed by atoms with E-state index in [0.29, 0.717) is 28.4 Å². The highest BCUT2D eigenvalue weighted by atomic mass is 19.2. The van der Waals surface area contributed by atoms with Crippen LogP contribution < -0.4 is 10.6 Å². The van der Waals surface area contributed by atoms with Gasteiger partial charge in [-0.25, -0.2) is 18.7 Å². The predicted octanol–water partition coefficient (Wildman–Crippen LogP) is 3.36. The fourth-order valence-corrected chi connectivity index (χ4v) is 3.92. The number of rotatable bonds is 8. The Morgan fingerprint density at radius 2 is 2.00 bits per heavy atom. The minimum Gasteiger partial charge on any atom is -0.394 e. The molecule has 5 rings (SSSR count). The molecular weight excluding hydrogens is 482 g/mol. The monoisotopic (exact) mass is 504 g/mol. The van der Waals surface area contributed by atoms with Crippen LogP contribution >= 0.6 is 0 Å². The van der Waals surface area contributed by atoms with Crippen molar-refractivity contribution in [1.82, 2.24) is 29.1 Å². The van der Waals surface area contributed by atoms with Crippen LogP contribution in [-0.4, -0.2) is 46.8 Å². The molecule has 4 heterocycles. The highest BCUT2D eigenvalue weighted by Gasteiger charge is 2.18. The molecule has 5 aromatic rings. The molecule has 10 nitrogen and oxygen atoms in total. The number of aromatic nitrogens is 6. The maximum Gasteiger partial charge on any atom is 0.246 e. The van der Waals surface area contributed by atoms with Crippen LogP contribution in [0, 0.1) is 18.6 Å². The molecule has 0 spiro atoms. The van der Waals surface area contributed by atoms with Gasteiger partial charge < -0.3 is 15.7 Å². The van der Waals surface area contributed by atoms with Crippen molar-refractivity contribution in [1.29, 1.82) is 0 Å². The van der Waals surface area contributed by atoms with Crippen molar-refractivity contribution < 1.29 is 18.7 Å². The first-order valence-electron chi connectivity index (χ1n) is 11.3. The number of anilines is 2. The Bertz CT molecular complexity index is 1570. The summed E-state index contributed by atoms with van der Waals surface area (Å²) in [4.78, 5) is 25.5. The van der Waals surface area contributed by atoms with E-state index in [2.05, 4.69) is 30.7 Å². The van der Waals surface area contributed by atoms with Crippen molar-refractivity contribution >= 4 is 23.1 Å². The summed E-state index contributed by atoms with van der Waals surface area (Å²) in [6, 6.07) is 6.78. The lowest BCUT2D eigenvalue weighted by Gasteiger charge is -2.18. The molecule has 0 bridgehead atoms. The van der Waals surface area contributed by atoms with Gasteiger partial charge in [0.2, 0.25) is 5.91 Å². The van der Waals surface area contributed by atoms with E-state index in [1.54, 1.807) is 37.1 Å². The molecule has 1 unspecified atom stereocenters. The summed E-state index contributed by atoms with van der Waals surface area (Å²) in [7, 11) is 0. The highest BCUT2D eigenvalue weighted by molar-refractivity contribution is 5.90. The Morgan fingerprint density at radius 3 is 2.78 bits per heavy atom. The van der Waals surface area contributed by atoms with Gasteiger partial charge >= 0.3 is 0 Å². The topological polar surface area (TPSA) is 122 Å². The van der Waals surface area contributed by atoms with Crippen LogP contribution in [0.5, 0.6) is 0 Å². The molecule has 12 heteroatoms. The Kier molecular flexibility index (Phi) is 6.56. The average molecular weight is 505 g/mol. The quantitative estimate of drug-likeness (QED) is 0.296. The summed E-state index contributed by atoms with van der Waals surface area (Å²) in [6.07, 6.45) is 10.0. The number of carbonyl (C=O) groups is 1. The Balaban J connectivity index is 1.38. The Labute approximate surface area is 209 Å². The first kappa shape index (κ1) is 24.0. The summed E-state index contributed by atoms with van der Waals surface area (Å²) in [5, 5.41) is 19.7. The lowest BCUT2D eigenvalue weighted by molar-refractivity contribution is -0.116. The Hall–Kier alpha value is -4.71. The van der Waals surface area contributed by atoms with Crippen molar-refractivity contribution in [3.63, 3.8) is 0 Å². The van der Waals surface area contributed by atoms with Crippen molar-refractivity contribution in [2.45, 2.75) is 19.5 Å². The van der Waals surface area contributed by atoms with E-state index in [9.17, 15) is 18.7 Å². The van der Waals surface area contributed by atoms with Crippen LogP contribution in [-0.2, 0) is 11.3 Å². The molecule has 1 amide bonds. The van der Waals surface area contributed by atoms with E-state index in [-0.39, 0.29) is 18.8 Å². The van der Waals surface area contributed by atoms with Gasteiger partial charge in [0.15, 0.2) is 23.1 Å². The first-order valence-corrected chi connectivity index (χ1v) is 11.3. The molecule has 0 fully saturated rings. The van der Waals surface area contributed by atoms with Crippen LogP contribution in [0.3, 0.4) is 0 Å². The zero-order chi connectivity index (χ0) is 25.9. The average Bonchev–Trinajstić information content (AvgIpc) is 3.52. The fourth-order valence-electron chi connectivity index (χ4n) is 3.92. The second kappa shape index (κ2) is 10.1. The zero-order valence-corrected chi connectivity index (χ0v) is 19.6. The number of amides is 1. The molecule has 0 aliphatic rings. The van der Waals surface area contributed by atoms with Gasteiger partial charge in [0.05, 0.1) is 42.1 Å². The number of halogens is 2. The first-order chi connectivity index (χ1) is 17.9. The molecule has 188 valence electrons. The zero-order valence-electron chi connectivity index (χ0n) is 19.6. The molecule has 0 aliphatic carbocycles. The molecule has 3 N–H and O–H groups in total. The van der Waals surface area contributed by atoms with E-state index < -0.39 is 23.6 Å². The molecule has 1 atom stereocenters. The molecule has 0 aliphatic heterocycles. The third-order valence-corrected chi connectivity index (χ3v) is 5.65. The van der Waals surface area contributed by atoms with E-state index in [4.69, 9.17) is 0 Å².